The van der Waals surface area contributed by atoms with Crippen molar-refractivity contribution in [1.82, 2.24) is 15.5 Å². The maximum Gasteiger partial charge on any atom is 0.169 e. The molecule has 18 heavy (non-hydrogen) atoms. The lowest BCUT2D eigenvalue weighted by atomic mass is 9.99. The molecule has 1 aliphatic heterocycles. The molecule has 0 amide bonds. The van der Waals surface area contributed by atoms with Gasteiger partial charge in [-0.15, -0.1) is 5.10 Å². The van der Waals surface area contributed by atoms with E-state index < -0.39 is 0 Å². The minimum absolute atomic E-state index is 0.468. The summed E-state index contributed by atoms with van der Waals surface area (Å²) in [6.07, 6.45) is 6.25. The van der Waals surface area contributed by atoms with Crippen molar-refractivity contribution in [2.24, 2.45) is 0 Å². The van der Waals surface area contributed by atoms with E-state index in [1.807, 2.05) is 7.05 Å². The molecule has 1 unspecified atom stereocenters. The van der Waals surface area contributed by atoms with Crippen LogP contribution in [0.1, 0.15) is 31.2 Å². The van der Waals surface area contributed by atoms with Crippen molar-refractivity contribution in [3.63, 3.8) is 0 Å². The van der Waals surface area contributed by atoms with Crippen LogP contribution >= 0.6 is 0 Å². The molecule has 0 saturated carbocycles. The second-order valence-corrected chi connectivity index (χ2v) is 4.62. The quantitative estimate of drug-likeness (QED) is 0.866. The third-order valence-corrected chi connectivity index (χ3v) is 3.45. The number of hydrogen-bond acceptors (Lipinski definition) is 5. The molecule has 1 fully saturated rings. The lowest BCUT2D eigenvalue weighted by molar-refractivity contribution is 0.429. The number of rotatable bonds is 4. The van der Waals surface area contributed by atoms with Crippen LogP contribution in [0, 0.1) is 11.3 Å². The molecule has 5 nitrogen and oxygen atoms in total. The van der Waals surface area contributed by atoms with Crippen molar-refractivity contribution in [2.45, 2.75) is 31.7 Å². The summed E-state index contributed by atoms with van der Waals surface area (Å²) in [5.74, 6) is 0.751. The van der Waals surface area contributed by atoms with Gasteiger partial charge in [-0.1, -0.05) is 0 Å². The number of nitriles is 1. The van der Waals surface area contributed by atoms with Gasteiger partial charge < -0.3 is 10.2 Å². The van der Waals surface area contributed by atoms with Crippen LogP contribution in [-0.2, 0) is 0 Å². The number of hydrogen-bond donors (Lipinski definition) is 1. The molecule has 1 atom stereocenters. The van der Waals surface area contributed by atoms with Gasteiger partial charge in [-0.25, -0.2) is 0 Å². The highest BCUT2D eigenvalue weighted by Gasteiger charge is 2.25. The highest BCUT2D eigenvalue weighted by molar-refractivity contribution is 5.53. The Kier molecular flexibility index (Phi) is 4.48. The van der Waals surface area contributed by atoms with Crippen LogP contribution in [0.15, 0.2) is 12.3 Å². The van der Waals surface area contributed by atoms with Crippen LogP contribution in [0.25, 0.3) is 0 Å². The Hall–Kier alpha value is -1.67. The lowest BCUT2D eigenvalue weighted by Gasteiger charge is -2.36. The molecule has 96 valence electrons. The molecular formula is C13H19N5. The first-order chi connectivity index (χ1) is 8.86. The van der Waals surface area contributed by atoms with Gasteiger partial charge in [-0.2, -0.15) is 10.4 Å². The molecule has 1 aromatic rings. The lowest BCUT2D eigenvalue weighted by Crippen LogP contribution is -2.42. The second kappa shape index (κ2) is 6.31. The van der Waals surface area contributed by atoms with Gasteiger partial charge in [0.15, 0.2) is 5.82 Å². The summed E-state index contributed by atoms with van der Waals surface area (Å²) in [7, 11) is 1.97. The standard InChI is InChI=1S/C13H19N5/c1-15-7-6-12-4-2-3-9-18(12)13-11(10-14)5-8-16-17-13/h5,8,12,15H,2-4,6-7,9H2,1H3. The monoisotopic (exact) mass is 245 g/mol. The summed E-state index contributed by atoms with van der Waals surface area (Å²) in [6.45, 7) is 1.96. The zero-order valence-corrected chi connectivity index (χ0v) is 10.8. The van der Waals surface area contributed by atoms with E-state index in [2.05, 4.69) is 26.5 Å². The number of nitrogens with one attached hydrogen (secondary N) is 1. The largest absolute Gasteiger partial charge is 0.351 e. The summed E-state index contributed by atoms with van der Waals surface area (Å²) in [5, 5.41) is 20.4. The van der Waals surface area contributed by atoms with Crippen molar-refractivity contribution in [2.75, 3.05) is 25.0 Å². The fourth-order valence-electron chi connectivity index (χ4n) is 2.51. The van der Waals surface area contributed by atoms with Gasteiger partial charge in [0.25, 0.3) is 0 Å². The molecule has 0 spiro atoms. The van der Waals surface area contributed by atoms with Gasteiger partial charge in [0, 0.05) is 12.6 Å². The van der Waals surface area contributed by atoms with Crippen molar-refractivity contribution >= 4 is 5.82 Å². The van der Waals surface area contributed by atoms with Gasteiger partial charge in [0.2, 0.25) is 0 Å². The molecular weight excluding hydrogens is 226 g/mol. The van der Waals surface area contributed by atoms with Crippen LogP contribution in [0.3, 0.4) is 0 Å². The number of nitrogens with zero attached hydrogens (tertiary/aromatic N) is 4. The molecule has 0 aliphatic carbocycles. The molecule has 2 rings (SSSR count). The van der Waals surface area contributed by atoms with E-state index in [-0.39, 0.29) is 0 Å². The predicted octanol–water partition coefficient (Wildman–Crippen LogP) is 1.32. The van der Waals surface area contributed by atoms with E-state index in [0.717, 1.165) is 31.7 Å². The third-order valence-electron chi connectivity index (χ3n) is 3.45. The number of aromatic nitrogens is 2. The molecule has 1 aliphatic rings. The Morgan fingerprint density at radius 3 is 3.22 bits per heavy atom. The molecule has 1 aromatic heterocycles. The fourth-order valence-corrected chi connectivity index (χ4v) is 2.51. The SMILES string of the molecule is CNCCC1CCCCN1c1nnccc1C#N. The normalized spacial score (nSPS) is 19.6. The van der Waals surface area contributed by atoms with E-state index in [0.29, 0.717) is 11.6 Å². The van der Waals surface area contributed by atoms with Gasteiger partial charge >= 0.3 is 0 Å². The van der Waals surface area contributed by atoms with Crippen molar-refractivity contribution < 1.29 is 0 Å². The molecule has 2 heterocycles. The molecule has 1 N–H and O–H groups in total. The van der Waals surface area contributed by atoms with E-state index in [9.17, 15) is 0 Å². The maximum atomic E-state index is 9.15. The number of anilines is 1. The van der Waals surface area contributed by atoms with Crippen LogP contribution < -0.4 is 10.2 Å². The van der Waals surface area contributed by atoms with Crippen LogP contribution in [0.5, 0.6) is 0 Å². The first kappa shape index (κ1) is 12.8. The Labute approximate surface area is 108 Å². The van der Waals surface area contributed by atoms with Gasteiger partial charge in [0.05, 0.1) is 11.8 Å². The van der Waals surface area contributed by atoms with Crippen molar-refractivity contribution in [3.8, 4) is 6.07 Å². The first-order valence-corrected chi connectivity index (χ1v) is 6.50. The molecule has 0 bridgehead atoms. The molecule has 1 saturated heterocycles. The van der Waals surface area contributed by atoms with E-state index in [1.165, 1.54) is 12.8 Å². The molecule has 0 aromatic carbocycles. The van der Waals surface area contributed by atoms with E-state index >= 15 is 0 Å². The average Bonchev–Trinajstić information content (AvgIpc) is 2.45. The summed E-state index contributed by atoms with van der Waals surface area (Å²) in [6, 6.07) is 4.42. The van der Waals surface area contributed by atoms with Crippen LogP contribution in [0.2, 0.25) is 0 Å². The van der Waals surface area contributed by atoms with Gasteiger partial charge in [-0.3, -0.25) is 0 Å². The van der Waals surface area contributed by atoms with Gasteiger partial charge in [0.1, 0.15) is 6.07 Å². The summed E-state index contributed by atoms with van der Waals surface area (Å²) in [4.78, 5) is 2.26. The van der Waals surface area contributed by atoms with Crippen LogP contribution in [0.4, 0.5) is 5.82 Å². The van der Waals surface area contributed by atoms with Crippen molar-refractivity contribution in [3.05, 3.63) is 17.8 Å². The molecule has 0 radical (unpaired) electrons. The third kappa shape index (κ3) is 2.77. The minimum atomic E-state index is 0.468. The topological polar surface area (TPSA) is 64.8 Å². The average molecular weight is 245 g/mol. The van der Waals surface area contributed by atoms with Gasteiger partial charge in [-0.05, 0) is 45.3 Å². The highest BCUT2D eigenvalue weighted by Crippen LogP contribution is 2.26. The maximum absolute atomic E-state index is 9.15. The Bertz CT molecular complexity index is 426. The first-order valence-electron chi connectivity index (χ1n) is 6.50. The Morgan fingerprint density at radius 1 is 1.56 bits per heavy atom. The summed E-state index contributed by atoms with van der Waals surface area (Å²) >= 11 is 0. The Morgan fingerprint density at radius 2 is 2.44 bits per heavy atom. The minimum Gasteiger partial charge on any atom is -0.351 e. The predicted molar refractivity (Wildman–Crippen MR) is 70.3 cm³/mol. The zero-order valence-electron chi connectivity index (χ0n) is 10.8. The fraction of sp³-hybridized carbons (Fsp3) is 0.615. The molecule has 5 heteroatoms. The number of piperidine rings is 1. The smallest absolute Gasteiger partial charge is 0.169 e. The van der Waals surface area contributed by atoms with E-state index in [1.54, 1.807) is 12.3 Å². The van der Waals surface area contributed by atoms with Crippen molar-refractivity contribution in [1.29, 1.82) is 5.26 Å². The van der Waals surface area contributed by atoms with E-state index in [4.69, 9.17) is 5.26 Å². The zero-order chi connectivity index (χ0) is 12.8. The van der Waals surface area contributed by atoms with Crippen LogP contribution in [-0.4, -0.2) is 36.4 Å². The highest BCUT2D eigenvalue weighted by atomic mass is 15.3. The summed E-state index contributed by atoms with van der Waals surface area (Å²) in [5.41, 5.74) is 0.626. The Balaban J connectivity index is 2.20. The second-order valence-electron chi connectivity index (χ2n) is 4.62. The summed E-state index contributed by atoms with van der Waals surface area (Å²) < 4.78 is 0.